The second-order valence-corrected chi connectivity index (χ2v) is 6.08. The third kappa shape index (κ3) is 5.08. The Balaban J connectivity index is 0.00000132. The summed E-state index contributed by atoms with van der Waals surface area (Å²) in [6, 6.07) is 8.62. The van der Waals surface area contributed by atoms with Crippen molar-refractivity contribution in [3.8, 4) is 5.75 Å². The summed E-state index contributed by atoms with van der Waals surface area (Å²) in [6.45, 7) is 5.83. The number of carbonyl (C=O) groups excluding carboxylic acids is 1. The van der Waals surface area contributed by atoms with Crippen LogP contribution < -0.4 is 10.1 Å². The lowest BCUT2D eigenvalue weighted by molar-refractivity contribution is -0.131. The number of nitrogens with zero attached hydrogens (tertiary/aromatic N) is 1. The lowest BCUT2D eigenvalue weighted by Gasteiger charge is -2.43. The minimum atomic E-state index is -0.264. The predicted molar refractivity (Wildman–Crippen MR) is 96.8 cm³/mol. The van der Waals surface area contributed by atoms with Gasteiger partial charge in [0.15, 0.2) is 0 Å². The monoisotopic (exact) mass is 360 g/mol. The number of benzene rings is 1. The lowest BCUT2D eigenvalue weighted by Crippen LogP contribution is -2.47. The summed E-state index contributed by atoms with van der Waals surface area (Å²) in [5.41, 5.74) is 1.36. The zero-order valence-corrected chi connectivity index (χ0v) is 15.1. The van der Waals surface area contributed by atoms with Gasteiger partial charge in [-0.05, 0) is 36.5 Å². The van der Waals surface area contributed by atoms with E-state index in [1.54, 1.807) is 0 Å². The first-order valence-electron chi connectivity index (χ1n) is 7.97. The summed E-state index contributed by atoms with van der Waals surface area (Å²) in [5.74, 6) is 1.15. The minimum Gasteiger partial charge on any atom is -0.427 e. The smallest absolute Gasteiger partial charge is 0.308 e. The molecule has 1 saturated carbocycles. The number of carbonyl (C=O) groups is 1. The Bertz CT molecular complexity index is 486. The quantitative estimate of drug-likeness (QED) is 0.661. The van der Waals surface area contributed by atoms with E-state index < -0.39 is 0 Å². The molecule has 1 aromatic rings. The third-order valence-electron chi connectivity index (χ3n) is 4.62. The normalized spacial score (nSPS) is 19.7. The number of rotatable bonds is 4. The lowest BCUT2D eigenvalue weighted by atomic mass is 9.76. The van der Waals surface area contributed by atoms with Gasteiger partial charge in [-0.2, -0.15) is 0 Å². The Morgan fingerprint density at radius 3 is 2.26 bits per heavy atom. The summed E-state index contributed by atoms with van der Waals surface area (Å²) < 4.78 is 5.13. The Morgan fingerprint density at radius 2 is 1.78 bits per heavy atom. The van der Waals surface area contributed by atoms with Crippen LogP contribution in [-0.2, 0) is 4.79 Å². The first-order valence-corrected chi connectivity index (χ1v) is 7.97. The maximum Gasteiger partial charge on any atom is 0.308 e. The molecule has 0 unspecified atom stereocenters. The number of hydrogen-bond acceptors (Lipinski definition) is 4. The maximum atomic E-state index is 11.0. The Labute approximate surface area is 150 Å². The van der Waals surface area contributed by atoms with Crippen LogP contribution in [-0.4, -0.2) is 37.0 Å². The average molecular weight is 361 g/mol. The van der Waals surface area contributed by atoms with Crippen LogP contribution in [0.5, 0.6) is 5.75 Å². The van der Waals surface area contributed by atoms with Crippen LogP contribution >= 0.6 is 24.8 Å². The summed E-state index contributed by atoms with van der Waals surface area (Å²) >= 11 is 0. The zero-order valence-electron chi connectivity index (χ0n) is 13.5. The van der Waals surface area contributed by atoms with Crippen molar-refractivity contribution in [3.05, 3.63) is 29.8 Å². The highest BCUT2D eigenvalue weighted by atomic mass is 35.5. The molecule has 0 amide bonds. The van der Waals surface area contributed by atoms with Crippen LogP contribution in [0, 0.1) is 5.92 Å². The van der Waals surface area contributed by atoms with E-state index in [-0.39, 0.29) is 30.8 Å². The Morgan fingerprint density at radius 1 is 1.17 bits per heavy atom. The van der Waals surface area contributed by atoms with Crippen molar-refractivity contribution in [2.24, 2.45) is 5.92 Å². The van der Waals surface area contributed by atoms with Crippen LogP contribution in [0.2, 0.25) is 0 Å². The molecule has 2 fully saturated rings. The van der Waals surface area contributed by atoms with Crippen molar-refractivity contribution in [2.45, 2.75) is 32.2 Å². The van der Waals surface area contributed by atoms with Crippen molar-refractivity contribution in [1.82, 2.24) is 10.2 Å². The number of nitrogens with one attached hydrogen (secondary N) is 1. The number of halogens is 2. The highest BCUT2D eigenvalue weighted by Gasteiger charge is 2.33. The molecule has 4 nitrogen and oxygen atoms in total. The van der Waals surface area contributed by atoms with E-state index >= 15 is 0 Å². The molecular formula is C17H26Cl2N2O2. The summed E-state index contributed by atoms with van der Waals surface area (Å²) in [5, 5.41) is 3.43. The minimum absolute atomic E-state index is 0. The van der Waals surface area contributed by atoms with Crippen molar-refractivity contribution in [2.75, 3.05) is 26.2 Å². The first-order chi connectivity index (χ1) is 10.2. The van der Waals surface area contributed by atoms with E-state index in [0.717, 1.165) is 32.1 Å². The molecule has 1 aromatic carbocycles. The van der Waals surface area contributed by atoms with E-state index in [4.69, 9.17) is 4.74 Å². The second-order valence-electron chi connectivity index (χ2n) is 6.08. The molecule has 1 N–H and O–H groups in total. The van der Waals surface area contributed by atoms with Gasteiger partial charge in [0.2, 0.25) is 0 Å². The van der Waals surface area contributed by atoms with Crippen molar-refractivity contribution in [1.29, 1.82) is 0 Å². The highest BCUT2D eigenvalue weighted by Crippen LogP contribution is 2.41. The summed E-state index contributed by atoms with van der Waals surface area (Å²) in [6.07, 6.45) is 4.03. The molecule has 3 rings (SSSR count). The average Bonchev–Trinajstić information content (AvgIpc) is 2.44. The number of piperazine rings is 1. The molecular weight excluding hydrogens is 335 g/mol. The molecule has 2 aliphatic rings. The van der Waals surface area contributed by atoms with Gasteiger partial charge in [-0.25, -0.2) is 0 Å². The molecule has 1 saturated heterocycles. The van der Waals surface area contributed by atoms with E-state index in [1.807, 2.05) is 12.1 Å². The van der Waals surface area contributed by atoms with Gasteiger partial charge in [0, 0.05) is 39.1 Å². The summed E-state index contributed by atoms with van der Waals surface area (Å²) in [4.78, 5) is 13.6. The van der Waals surface area contributed by atoms with E-state index in [1.165, 1.54) is 31.7 Å². The zero-order chi connectivity index (χ0) is 14.7. The van der Waals surface area contributed by atoms with Gasteiger partial charge in [-0.3, -0.25) is 9.69 Å². The predicted octanol–water partition coefficient (Wildman–Crippen LogP) is 3.20. The molecule has 1 aliphatic heterocycles. The van der Waals surface area contributed by atoms with Crippen LogP contribution in [0.15, 0.2) is 24.3 Å². The second kappa shape index (κ2) is 9.48. The molecule has 0 radical (unpaired) electrons. The van der Waals surface area contributed by atoms with Crippen LogP contribution in [0.3, 0.4) is 0 Å². The summed E-state index contributed by atoms with van der Waals surface area (Å²) in [7, 11) is 0. The topological polar surface area (TPSA) is 41.6 Å². The van der Waals surface area contributed by atoms with E-state index in [0.29, 0.717) is 11.8 Å². The van der Waals surface area contributed by atoms with Crippen LogP contribution in [0.4, 0.5) is 0 Å². The van der Waals surface area contributed by atoms with Crippen molar-refractivity contribution >= 4 is 30.8 Å². The third-order valence-corrected chi connectivity index (χ3v) is 4.62. The molecule has 0 aromatic heterocycles. The fourth-order valence-electron chi connectivity index (χ4n) is 3.40. The number of ether oxygens (including phenoxy) is 1. The molecule has 0 spiro atoms. The van der Waals surface area contributed by atoms with E-state index in [2.05, 4.69) is 22.3 Å². The number of esters is 1. The van der Waals surface area contributed by atoms with Gasteiger partial charge in [0.1, 0.15) is 5.75 Å². The Hall–Kier alpha value is -0.810. The molecule has 1 heterocycles. The highest BCUT2D eigenvalue weighted by molar-refractivity contribution is 5.85. The molecule has 0 bridgehead atoms. The van der Waals surface area contributed by atoms with Crippen LogP contribution in [0.25, 0.3) is 0 Å². The Kier molecular flexibility index (Phi) is 8.34. The van der Waals surface area contributed by atoms with Crippen LogP contribution in [0.1, 0.15) is 37.8 Å². The van der Waals surface area contributed by atoms with Gasteiger partial charge in [0.25, 0.3) is 0 Å². The van der Waals surface area contributed by atoms with Gasteiger partial charge in [-0.15, -0.1) is 24.8 Å². The van der Waals surface area contributed by atoms with Gasteiger partial charge >= 0.3 is 5.97 Å². The maximum absolute atomic E-state index is 11.0. The first kappa shape index (κ1) is 20.2. The number of hydrogen-bond donors (Lipinski definition) is 1. The van der Waals surface area contributed by atoms with E-state index in [9.17, 15) is 4.79 Å². The van der Waals surface area contributed by atoms with Gasteiger partial charge in [-0.1, -0.05) is 18.6 Å². The molecule has 6 heteroatoms. The molecule has 130 valence electrons. The fourth-order valence-corrected chi connectivity index (χ4v) is 3.40. The SMILES string of the molecule is CC(=O)Oc1ccc([C@@H](C2CCC2)N2CCNCC2)cc1.Cl.Cl. The van der Waals surface area contributed by atoms with Crippen molar-refractivity contribution in [3.63, 3.8) is 0 Å². The van der Waals surface area contributed by atoms with Gasteiger partial charge < -0.3 is 10.1 Å². The molecule has 1 aliphatic carbocycles. The largest absolute Gasteiger partial charge is 0.427 e. The standard InChI is InChI=1S/C17H24N2O2.2ClH/c1-13(20)21-16-7-5-15(6-8-16)17(14-3-2-4-14)19-11-9-18-10-12-19;;/h5-8,14,17-18H,2-4,9-12H2,1H3;2*1H/t17-;;/m1../s1. The van der Waals surface area contributed by atoms with Crippen molar-refractivity contribution < 1.29 is 9.53 Å². The molecule has 23 heavy (non-hydrogen) atoms. The molecule has 1 atom stereocenters. The van der Waals surface area contributed by atoms with Gasteiger partial charge in [0.05, 0.1) is 0 Å². The fraction of sp³-hybridized carbons (Fsp3) is 0.588.